The predicted molar refractivity (Wildman–Crippen MR) is 107 cm³/mol. The van der Waals surface area contributed by atoms with Crippen molar-refractivity contribution < 1.29 is 18.8 Å². The Morgan fingerprint density at radius 2 is 1.93 bits per heavy atom. The van der Waals surface area contributed by atoms with Gasteiger partial charge in [-0.1, -0.05) is 30.3 Å². The number of aryl methyl sites for hydroxylation is 1. The first-order valence-corrected chi connectivity index (χ1v) is 9.19. The van der Waals surface area contributed by atoms with Crippen LogP contribution in [0.3, 0.4) is 0 Å². The van der Waals surface area contributed by atoms with Crippen LogP contribution in [0.25, 0.3) is 11.3 Å². The van der Waals surface area contributed by atoms with E-state index in [-0.39, 0.29) is 28.1 Å². The molecule has 8 nitrogen and oxygen atoms in total. The molecule has 0 aliphatic heterocycles. The van der Waals surface area contributed by atoms with Gasteiger partial charge in [-0.3, -0.25) is 19.1 Å². The highest BCUT2D eigenvalue weighted by atomic mass is 35.5. The van der Waals surface area contributed by atoms with Crippen molar-refractivity contribution in [2.45, 2.75) is 12.5 Å². The third-order valence-electron chi connectivity index (χ3n) is 4.13. The second-order valence-corrected chi connectivity index (χ2v) is 6.96. The topological polar surface area (TPSA) is 120 Å². The lowest BCUT2D eigenvalue weighted by Crippen LogP contribution is -2.47. The summed E-state index contributed by atoms with van der Waals surface area (Å²) in [5.74, 6) is -2.67. The van der Waals surface area contributed by atoms with Gasteiger partial charge < -0.3 is 15.5 Å². The van der Waals surface area contributed by atoms with E-state index in [2.05, 4.69) is 10.4 Å². The smallest absolute Gasteiger partial charge is 0.287 e. The number of hydrogen-bond donors (Lipinski definition) is 2. The molecule has 10 heteroatoms. The number of furan rings is 1. The molecule has 0 aliphatic carbocycles. The standard InChI is InChI=1S/C19H16Cl2N4O4/c1-25-9-12(15(24-25)11-8-14(20)29-17(11)21)19(28)23-13(16(26)18(22)27)7-10-5-3-2-4-6-10/h2-6,8-9,13H,7H2,1H3,(H2,22,27)(H,23,28). The van der Waals surface area contributed by atoms with Crippen LogP contribution in [-0.4, -0.2) is 33.4 Å². The maximum atomic E-state index is 12.9. The second kappa shape index (κ2) is 8.50. The van der Waals surface area contributed by atoms with E-state index in [1.807, 2.05) is 6.07 Å². The number of nitrogens with one attached hydrogen (secondary N) is 1. The highest BCUT2D eigenvalue weighted by molar-refractivity contribution is 6.38. The fourth-order valence-corrected chi connectivity index (χ4v) is 3.27. The van der Waals surface area contributed by atoms with E-state index in [4.69, 9.17) is 33.4 Å². The number of aromatic nitrogens is 2. The van der Waals surface area contributed by atoms with Gasteiger partial charge in [-0.05, 0) is 28.8 Å². The average Bonchev–Trinajstić information content (AvgIpc) is 3.22. The number of rotatable bonds is 7. The first kappa shape index (κ1) is 20.6. The summed E-state index contributed by atoms with van der Waals surface area (Å²) in [5.41, 5.74) is 6.57. The number of ketones is 1. The third kappa shape index (κ3) is 4.67. The van der Waals surface area contributed by atoms with Gasteiger partial charge in [-0.2, -0.15) is 5.10 Å². The van der Waals surface area contributed by atoms with Gasteiger partial charge in [0.2, 0.25) is 11.0 Å². The third-order valence-corrected chi connectivity index (χ3v) is 4.60. The van der Waals surface area contributed by atoms with Crippen LogP contribution < -0.4 is 11.1 Å². The molecule has 3 aromatic rings. The molecule has 1 unspecified atom stereocenters. The molecule has 2 aromatic heterocycles. The molecule has 2 amide bonds. The van der Waals surface area contributed by atoms with Gasteiger partial charge in [0.1, 0.15) is 11.7 Å². The molecule has 0 bridgehead atoms. The zero-order valence-electron chi connectivity index (χ0n) is 15.2. The highest BCUT2D eigenvalue weighted by Gasteiger charge is 2.28. The molecule has 0 aliphatic rings. The first-order valence-electron chi connectivity index (χ1n) is 8.43. The Labute approximate surface area is 175 Å². The number of nitrogens with zero attached hydrogens (tertiary/aromatic N) is 2. The van der Waals surface area contributed by atoms with Gasteiger partial charge >= 0.3 is 0 Å². The molecular formula is C19H16Cl2N4O4. The summed E-state index contributed by atoms with van der Waals surface area (Å²) in [6, 6.07) is 9.22. The quantitative estimate of drug-likeness (QED) is 0.553. The lowest BCUT2D eigenvalue weighted by Gasteiger charge is -2.16. The van der Waals surface area contributed by atoms with Crippen molar-refractivity contribution in [1.82, 2.24) is 15.1 Å². The molecule has 0 fully saturated rings. The van der Waals surface area contributed by atoms with Gasteiger partial charge in [-0.25, -0.2) is 0 Å². The Morgan fingerprint density at radius 3 is 2.52 bits per heavy atom. The van der Waals surface area contributed by atoms with Crippen LogP contribution in [0.15, 0.2) is 47.0 Å². The summed E-state index contributed by atoms with van der Waals surface area (Å²) in [4.78, 5) is 36.6. The summed E-state index contributed by atoms with van der Waals surface area (Å²) in [7, 11) is 1.62. The number of carbonyl (C=O) groups is 3. The molecule has 29 heavy (non-hydrogen) atoms. The average molecular weight is 435 g/mol. The Balaban J connectivity index is 1.91. The van der Waals surface area contributed by atoms with Gasteiger partial charge in [-0.15, -0.1) is 0 Å². The molecule has 0 saturated carbocycles. The number of carbonyl (C=O) groups excluding carboxylic acids is 3. The molecule has 0 radical (unpaired) electrons. The van der Waals surface area contributed by atoms with E-state index in [0.29, 0.717) is 5.56 Å². The number of amides is 2. The fraction of sp³-hybridized carbons (Fsp3) is 0.158. The molecule has 3 rings (SSSR count). The molecule has 150 valence electrons. The van der Waals surface area contributed by atoms with Crippen LogP contribution in [0.5, 0.6) is 0 Å². The Bertz CT molecular complexity index is 1080. The summed E-state index contributed by atoms with van der Waals surface area (Å²) in [6.07, 6.45) is 1.55. The van der Waals surface area contributed by atoms with Crippen molar-refractivity contribution in [1.29, 1.82) is 0 Å². The maximum Gasteiger partial charge on any atom is 0.287 e. The van der Waals surface area contributed by atoms with Gasteiger partial charge in [0, 0.05) is 25.7 Å². The van der Waals surface area contributed by atoms with Crippen molar-refractivity contribution in [3.63, 3.8) is 0 Å². The van der Waals surface area contributed by atoms with E-state index >= 15 is 0 Å². The molecule has 0 spiro atoms. The minimum atomic E-state index is -1.14. The van der Waals surface area contributed by atoms with E-state index < -0.39 is 23.6 Å². The van der Waals surface area contributed by atoms with Crippen LogP contribution in [0.2, 0.25) is 10.4 Å². The predicted octanol–water partition coefficient (Wildman–Crippen LogP) is 2.38. The van der Waals surface area contributed by atoms with E-state index in [0.717, 1.165) is 5.56 Å². The summed E-state index contributed by atoms with van der Waals surface area (Å²) in [5, 5.41) is 6.79. The monoisotopic (exact) mass is 434 g/mol. The van der Waals surface area contributed by atoms with E-state index in [1.165, 1.54) is 16.9 Å². The van der Waals surface area contributed by atoms with Crippen molar-refractivity contribution >= 4 is 40.8 Å². The molecule has 2 heterocycles. The summed E-state index contributed by atoms with van der Waals surface area (Å²) in [6.45, 7) is 0. The number of primary amides is 1. The van der Waals surface area contributed by atoms with Gasteiger partial charge in [0.05, 0.1) is 11.1 Å². The molecule has 0 saturated heterocycles. The first-order chi connectivity index (χ1) is 13.8. The maximum absolute atomic E-state index is 12.9. The van der Waals surface area contributed by atoms with Crippen LogP contribution in [0, 0.1) is 0 Å². The van der Waals surface area contributed by atoms with Crippen molar-refractivity contribution in [2.24, 2.45) is 12.8 Å². The van der Waals surface area contributed by atoms with E-state index in [9.17, 15) is 14.4 Å². The number of halogens is 2. The van der Waals surface area contributed by atoms with Gasteiger partial charge in [0.25, 0.3) is 11.8 Å². The van der Waals surface area contributed by atoms with Crippen LogP contribution in [0.4, 0.5) is 0 Å². The molecule has 1 atom stereocenters. The largest absolute Gasteiger partial charge is 0.433 e. The number of benzene rings is 1. The second-order valence-electron chi connectivity index (χ2n) is 6.25. The lowest BCUT2D eigenvalue weighted by atomic mass is 10.0. The fourth-order valence-electron chi connectivity index (χ4n) is 2.82. The number of nitrogens with two attached hydrogens (primary N) is 1. The molecular weight excluding hydrogens is 419 g/mol. The van der Waals surface area contributed by atoms with Crippen molar-refractivity contribution in [2.75, 3.05) is 0 Å². The normalized spacial score (nSPS) is 11.8. The Morgan fingerprint density at radius 1 is 1.24 bits per heavy atom. The van der Waals surface area contributed by atoms with Crippen molar-refractivity contribution in [3.8, 4) is 11.3 Å². The minimum Gasteiger partial charge on any atom is -0.433 e. The van der Waals surface area contributed by atoms with E-state index in [1.54, 1.807) is 31.3 Å². The summed E-state index contributed by atoms with van der Waals surface area (Å²) >= 11 is 11.8. The zero-order chi connectivity index (χ0) is 21.1. The van der Waals surface area contributed by atoms with Crippen LogP contribution >= 0.6 is 23.2 Å². The summed E-state index contributed by atoms with van der Waals surface area (Å²) < 4.78 is 6.48. The zero-order valence-corrected chi connectivity index (χ0v) is 16.7. The van der Waals surface area contributed by atoms with Gasteiger partial charge in [0.15, 0.2) is 5.22 Å². The SMILES string of the molecule is Cn1cc(C(=O)NC(Cc2ccccc2)C(=O)C(N)=O)c(-c2cc(Cl)oc2Cl)n1. The Kier molecular flexibility index (Phi) is 6.05. The van der Waals surface area contributed by atoms with Crippen LogP contribution in [0.1, 0.15) is 15.9 Å². The highest BCUT2D eigenvalue weighted by Crippen LogP contribution is 2.34. The Hall–Kier alpha value is -3.10. The van der Waals surface area contributed by atoms with Crippen molar-refractivity contribution in [3.05, 3.63) is 64.2 Å². The lowest BCUT2D eigenvalue weighted by molar-refractivity contribution is -0.137. The molecule has 1 aromatic carbocycles. The minimum absolute atomic E-state index is 0.0307. The van der Waals surface area contributed by atoms with Crippen LogP contribution in [-0.2, 0) is 23.1 Å². The molecule has 3 N–H and O–H groups in total. The number of Topliss-reactive ketones (excluding diaryl/α,β-unsaturated/α-hetero) is 1. The number of hydrogen-bond acceptors (Lipinski definition) is 5.